The summed E-state index contributed by atoms with van der Waals surface area (Å²) in [5, 5.41) is 16.2. The lowest BCUT2D eigenvalue weighted by Crippen LogP contribution is -2.47. The SMILES string of the molecule is CC(C)CN1C(=O)c2ccccc2[C@@H](C(=O)Nc2cc(F)cc(C#N)c2)[C@@H]1c1cnn(C)c1. The number of amides is 2. The lowest BCUT2D eigenvalue weighted by Gasteiger charge is -2.42. The number of halogens is 1. The Bertz CT molecular complexity index is 1260. The zero-order chi connectivity index (χ0) is 23.7. The Morgan fingerprint density at radius 1 is 1.27 bits per heavy atom. The number of aryl methyl sites for hydroxylation is 1. The molecule has 2 atom stereocenters. The van der Waals surface area contributed by atoms with Crippen molar-refractivity contribution in [2.24, 2.45) is 13.0 Å². The van der Waals surface area contributed by atoms with Gasteiger partial charge < -0.3 is 10.2 Å². The minimum atomic E-state index is -0.754. The average Bonchev–Trinajstić information content (AvgIpc) is 3.20. The molecule has 0 radical (unpaired) electrons. The lowest BCUT2D eigenvalue weighted by atomic mass is 9.79. The summed E-state index contributed by atoms with van der Waals surface area (Å²) in [4.78, 5) is 28.9. The Hall–Kier alpha value is -3.99. The minimum Gasteiger partial charge on any atom is -0.330 e. The third-order valence-electron chi connectivity index (χ3n) is 5.64. The molecule has 0 saturated heterocycles. The predicted molar refractivity (Wildman–Crippen MR) is 121 cm³/mol. The predicted octanol–water partition coefficient (Wildman–Crippen LogP) is 4.01. The summed E-state index contributed by atoms with van der Waals surface area (Å²) in [7, 11) is 1.78. The summed E-state index contributed by atoms with van der Waals surface area (Å²) in [5.41, 5.74) is 2.10. The maximum atomic E-state index is 14.0. The van der Waals surface area contributed by atoms with Crippen molar-refractivity contribution in [2.45, 2.75) is 25.8 Å². The number of nitrogens with one attached hydrogen (secondary N) is 1. The first-order valence-corrected chi connectivity index (χ1v) is 10.7. The molecule has 0 saturated carbocycles. The molecule has 0 fully saturated rings. The third-order valence-corrected chi connectivity index (χ3v) is 5.64. The van der Waals surface area contributed by atoms with Crippen molar-refractivity contribution in [3.63, 3.8) is 0 Å². The van der Waals surface area contributed by atoms with Crippen molar-refractivity contribution in [3.8, 4) is 6.07 Å². The van der Waals surface area contributed by atoms with E-state index >= 15 is 0 Å². The van der Waals surface area contributed by atoms with Crippen LogP contribution in [0.3, 0.4) is 0 Å². The topological polar surface area (TPSA) is 91.0 Å². The lowest BCUT2D eigenvalue weighted by molar-refractivity contribution is -0.119. The van der Waals surface area contributed by atoms with Gasteiger partial charge in [-0.1, -0.05) is 32.0 Å². The van der Waals surface area contributed by atoms with E-state index in [2.05, 4.69) is 10.4 Å². The Balaban J connectivity index is 1.83. The highest BCUT2D eigenvalue weighted by atomic mass is 19.1. The Morgan fingerprint density at radius 2 is 2.03 bits per heavy atom. The molecule has 4 rings (SSSR count). The van der Waals surface area contributed by atoms with Crippen LogP contribution in [0.25, 0.3) is 0 Å². The van der Waals surface area contributed by atoms with E-state index in [1.807, 2.05) is 19.9 Å². The minimum absolute atomic E-state index is 0.106. The van der Waals surface area contributed by atoms with Gasteiger partial charge >= 0.3 is 0 Å². The molecule has 1 aromatic heterocycles. The smallest absolute Gasteiger partial charge is 0.254 e. The normalized spacial score (nSPS) is 17.6. The van der Waals surface area contributed by atoms with Crippen LogP contribution < -0.4 is 5.32 Å². The van der Waals surface area contributed by atoms with Crippen molar-refractivity contribution in [1.82, 2.24) is 14.7 Å². The van der Waals surface area contributed by atoms with Gasteiger partial charge in [0.15, 0.2) is 0 Å². The highest BCUT2D eigenvalue weighted by Crippen LogP contribution is 2.43. The van der Waals surface area contributed by atoms with Crippen LogP contribution in [-0.4, -0.2) is 33.0 Å². The van der Waals surface area contributed by atoms with E-state index in [0.717, 1.165) is 11.6 Å². The molecular weight excluding hydrogens is 421 g/mol. The second-order valence-corrected chi connectivity index (χ2v) is 8.64. The molecule has 8 heteroatoms. The molecule has 0 aliphatic carbocycles. The van der Waals surface area contributed by atoms with Gasteiger partial charge in [-0.25, -0.2) is 4.39 Å². The molecule has 2 heterocycles. The fourth-order valence-electron chi connectivity index (χ4n) is 4.38. The number of rotatable bonds is 5. The molecule has 33 heavy (non-hydrogen) atoms. The number of benzene rings is 2. The quantitative estimate of drug-likeness (QED) is 0.643. The molecule has 168 valence electrons. The van der Waals surface area contributed by atoms with Crippen LogP contribution in [0, 0.1) is 23.1 Å². The number of fused-ring (bicyclic) bond motifs is 1. The summed E-state index contributed by atoms with van der Waals surface area (Å²) in [5.74, 6) is -1.74. The summed E-state index contributed by atoms with van der Waals surface area (Å²) >= 11 is 0. The third kappa shape index (κ3) is 4.35. The molecule has 1 aliphatic rings. The van der Waals surface area contributed by atoms with Gasteiger partial charge in [0, 0.05) is 36.6 Å². The number of nitrogens with zero attached hydrogens (tertiary/aromatic N) is 4. The standard InChI is InChI=1S/C25H24FN5O2/c1-15(2)13-31-23(17-12-28-30(3)14-17)22(20-6-4-5-7-21(20)25(31)33)24(32)29-19-9-16(11-27)8-18(26)10-19/h4-10,12,14-15,22-23H,13H2,1-3H3,(H,29,32)/t22-,23+/m1/s1. The van der Waals surface area contributed by atoms with Crippen molar-refractivity contribution in [1.29, 1.82) is 5.26 Å². The number of carbonyl (C=O) groups excluding carboxylic acids is 2. The van der Waals surface area contributed by atoms with Crippen molar-refractivity contribution in [2.75, 3.05) is 11.9 Å². The maximum Gasteiger partial charge on any atom is 0.254 e. The fourth-order valence-corrected chi connectivity index (χ4v) is 4.38. The van der Waals surface area contributed by atoms with E-state index in [4.69, 9.17) is 5.26 Å². The summed E-state index contributed by atoms with van der Waals surface area (Å²) < 4.78 is 15.6. The Labute approximate surface area is 191 Å². The van der Waals surface area contributed by atoms with Gasteiger partial charge in [-0.05, 0) is 35.7 Å². The van der Waals surface area contributed by atoms with Crippen LogP contribution in [0.2, 0.25) is 0 Å². The van der Waals surface area contributed by atoms with Gasteiger partial charge in [0.1, 0.15) is 5.82 Å². The molecule has 3 aromatic rings. The molecule has 0 unspecified atom stereocenters. The number of carbonyl (C=O) groups is 2. The van der Waals surface area contributed by atoms with Crippen LogP contribution in [0.4, 0.5) is 10.1 Å². The van der Waals surface area contributed by atoms with Crippen molar-refractivity contribution in [3.05, 3.63) is 82.9 Å². The van der Waals surface area contributed by atoms with Crippen molar-refractivity contribution < 1.29 is 14.0 Å². The van der Waals surface area contributed by atoms with Crippen molar-refractivity contribution >= 4 is 17.5 Å². The van der Waals surface area contributed by atoms with Crippen LogP contribution >= 0.6 is 0 Å². The van der Waals surface area contributed by atoms with E-state index in [9.17, 15) is 14.0 Å². The molecule has 7 nitrogen and oxygen atoms in total. The zero-order valence-corrected chi connectivity index (χ0v) is 18.6. The first-order valence-electron chi connectivity index (χ1n) is 10.7. The number of hydrogen-bond donors (Lipinski definition) is 1. The monoisotopic (exact) mass is 445 g/mol. The second-order valence-electron chi connectivity index (χ2n) is 8.64. The summed E-state index contributed by atoms with van der Waals surface area (Å²) in [6.45, 7) is 4.48. The zero-order valence-electron chi connectivity index (χ0n) is 18.6. The van der Waals surface area contributed by atoms with E-state index < -0.39 is 23.7 Å². The van der Waals surface area contributed by atoms with Crippen LogP contribution in [0.15, 0.2) is 54.9 Å². The number of aromatic nitrogens is 2. The molecule has 0 bridgehead atoms. The first-order chi connectivity index (χ1) is 15.8. The van der Waals surface area contributed by atoms with Crippen LogP contribution in [-0.2, 0) is 11.8 Å². The first kappa shape index (κ1) is 22.2. The summed E-state index contributed by atoms with van der Waals surface area (Å²) in [6.07, 6.45) is 3.46. The summed E-state index contributed by atoms with van der Waals surface area (Å²) in [6, 6.07) is 12.1. The maximum absolute atomic E-state index is 14.0. The molecule has 1 N–H and O–H groups in total. The highest BCUT2D eigenvalue weighted by molar-refractivity contribution is 6.04. The van der Waals surface area contributed by atoms with Crippen LogP contribution in [0.1, 0.15) is 52.9 Å². The number of hydrogen-bond acceptors (Lipinski definition) is 4. The largest absolute Gasteiger partial charge is 0.330 e. The van der Waals surface area contributed by atoms with Gasteiger partial charge in [-0.15, -0.1) is 0 Å². The van der Waals surface area contributed by atoms with Gasteiger partial charge in [-0.2, -0.15) is 10.4 Å². The van der Waals surface area contributed by atoms with Gasteiger partial charge in [0.05, 0.1) is 29.8 Å². The fraction of sp³-hybridized carbons (Fsp3) is 0.280. The van der Waals surface area contributed by atoms with E-state index in [-0.39, 0.29) is 23.1 Å². The Kier molecular flexibility index (Phi) is 5.97. The highest BCUT2D eigenvalue weighted by Gasteiger charge is 2.44. The average molecular weight is 445 g/mol. The van der Waals surface area contributed by atoms with Gasteiger partial charge in [0.2, 0.25) is 5.91 Å². The molecule has 0 spiro atoms. The molecular formula is C25H24FN5O2. The molecule has 2 amide bonds. The molecule has 2 aromatic carbocycles. The number of anilines is 1. The van der Waals surface area contributed by atoms with Crippen LogP contribution in [0.5, 0.6) is 0 Å². The van der Waals surface area contributed by atoms with E-state index in [1.165, 1.54) is 12.1 Å². The number of nitriles is 1. The van der Waals surface area contributed by atoms with Gasteiger partial charge in [-0.3, -0.25) is 14.3 Å². The van der Waals surface area contributed by atoms with E-state index in [0.29, 0.717) is 17.7 Å². The Morgan fingerprint density at radius 3 is 2.70 bits per heavy atom. The van der Waals surface area contributed by atoms with Gasteiger partial charge in [0.25, 0.3) is 5.91 Å². The molecule has 1 aliphatic heterocycles. The second kappa shape index (κ2) is 8.87. The van der Waals surface area contributed by atoms with E-state index in [1.54, 1.807) is 53.3 Å².